The van der Waals surface area contributed by atoms with Crippen molar-refractivity contribution in [1.29, 1.82) is 5.26 Å². The lowest BCUT2D eigenvalue weighted by Gasteiger charge is -2.17. The van der Waals surface area contributed by atoms with E-state index in [9.17, 15) is 27.0 Å². The van der Waals surface area contributed by atoms with Crippen LogP contribution in [0.25, 0.3) is 16.8 Å². The number of aromatic nitrogens is 3. The minimum absolute atomic E-state index is 0.0217. The van der Waals surface area contributed by atoms with Crippen LogP contribution in [-0.2, 0) is 22.4 Å². The number of alkyl halides is 3. The molecule has 13 heteroatoms. The van der Waals surface area contributed by atoms with E-state index in [4.69, 9.17) is 5.26 Å². The summed E-state index contributed by atoms with van der Waals surface area (Å²) < 4.78 is 56.1. The molecule has 0 radical (unpaired) electrons. The van der Waals surface area contributed by atoms with Gasteiger partial charge in [-0.25, -0.2) is 8.93 Å². The number of nitrogens with zero attached hydrogens (tertiary/aromatic N) is 4. The number of carbonyl (C=O) groups is 1. The lowest BCUT2D eigenvalue weighted by Crippen LogP contribution is -2.30. The lowest BCUT2D eigenvalue weighted by atomic mass is 10.0. The van der Waals surface area contributed by atoms with Crippen LogP contribution in [0.15, 0.2) is 83.0 Å². The molecule has 1 aromatic carbocycles. The number of benzene rings is 1. The monoisotopic (exact) mass is 566 g/mol. The number of carbonyl (C=O) groups excluding carboxylic acids is 1. The number of hydrogen-bond donors (Lipinski definition) is 2. The minimum atomic E-state index is -4.73. The molecule has 0 aliphatic carbocycles. The van der Waals surface area contributed by atoms with E-state index in [2.05, 4.69) is 25.9 Å². The van der Waals surface area contributed by atoms with E-state index < -0.39 is 32.9 Å². The summed E-state index contributed by atoms with van der Waals surface area (Å²) in [4.78, 5) is 34.5. The summed E-state index contributed by atoms with van der Waals surface area (Å²) in [6, 6.07) is 11.5. The van der Waals surface area contributed by atoms with Gasteiger partial charge in [0.25, 0.3) is 5.91 Å². The Morgan fingerprint density at radius 2 is 1.90 bits per heavy atom. The van der Waals surface area contributed by atoms with E-state index in [1.807, 2.05) is 0 Å². The maximum absolute atomic E-state index is 13.5. The highest BCUT2D eigenvalue weighted by molar-refractivity contribution is 7.98. The fourth-order valence-corrected chi connectivity index (χ4v) is 4.79. The van der Waals surface area contributed by atoms with Gasteiger partial charge in [-0.2, -0.15) is 18.4 Å². The number of nitriles is 1. The van der Waals surface area contributed by atoms with Gasteiger partial charge >= 0.3 is 6.18 Å². The van der Waals surface area contributed by atoms with Gasteiger partial charge in [0.15, 0.2) is 6.19 Å². The highest BCUT2D eigenvalue weighted by Crippen LogP contribution is 2.31. The summed E-state index contributed by atoms with van der Waals surface area (Å²) in [6.45, 7) is 1.54. The molecule has 9 nitrogen and oxygen atoms in total. The number of rotatable bonds is 7. The van der Waals surface area contributed by atoms with E-state index in [1.165, 1.54) is 41.4 Å². The van der Waals surface area contributed by atoms with E-state index >= 15 is 0 Å². The Bertz CT molecular complexity index is 1780. The average Bonchev–Trinajstić information content (AvgIpc) is 2.92. The number of hydrogen-bond acceptors (Lipinski definition) is 6. The van der Waals surface area contributed by atoms with Crippen LogP contribution < -0.4 is 15.5 Å². The van der Waals surface area contributed by atoms with Crippen molar-refractivity contribution in [3.8, 4) is 23.0 Å². The quantitative estimate of drug-likeness (QED) is 0.200. The van der Waals surface area contributed by atoms with E-state index in [0.717, 1.165) is 12.3 Å². The normalized spacial score (nSPS) is 12.7. The predicted octanol–water partition coefficient (Wildman–Crippen LogP) is 3.61. The summed E-state index contributed by atoms with van der Waals surface area (Å²) >= 11 is 0. The van der Waals surface area contributed by atoms with Crippen LogP contribution in [0, 0.1) is 18.4 Å². The fraction of sp³-hybridized carbons (Fsp3) is 0.111. The second-order valence-corrected chi connectivity index (χ2v) is 10.6. The molecule has 1 atom stereocenters. The average molecular weight is 567 g/mol. The molecule has 0 aliphatic rings. The Morgan fingerprint density at radius 3 is 2.52 bits per heavy atom. The van der Waals surface area contributed by atoms with Crippen molar-refractivity contribution in [1.82, 2.24) is 24.6 Å². The van der Waals surface area contributed by atoms with Crippen LogP contribution in [0.4, 0.5) is 13.2 Å². The molecular weight excluding hydrogens is 545 g/mol. The number of amides is 1. The zero-order valence-electron chi connectivity index (χ0n) is 20.9. The number of pyridine rings is 3. The molecule has 3 heterocycles. The Labute approximate surface area is 227 Å². The summed E-state index contributed by atoms with van der Waals surface area (Å²) in [6.07, 6.45) is 2.15. The maximum atomic E-state index is 13.5. The van der Waals surface area contributed by atoms with Gasteiger partial charge in [-0.05, 0) is 60.3 Å². The van der Waals surface area contributed by atoms with Gasteiger partial charge in [0, 0.05) is 36.4 Å². The summed E-state index contributed by atoms with van der Waals surface area (Å²) in [7, 11) is -3.01. The van der Waals surface area contributed by atoms with E-state index in [-0.39, 0.29) is 28.1 Å². The van der Waals surface area contributed by atoms with Crippen LogP contribution in [0.3, 0.4) is 0 Å². The van der Waals surface area contributed by atoms with Crippen molar-refractivity contribution in [3.05, 3.63) is 106 Å². The van der Waals surface area contributed by atoms with Crippen molar-refractivity contribution in [2.45, 2.75) is 24.5 Å². The zero-order valence-corrected chi connectivity index (χ0v) is 21.7. The van der Waals surface area contributed by atoms with Crippen molar-refractivity contribution in [2.75, 3.05) is 0 Å². The lowest BCUT2D eigenvalue weighted by molar-refractivity contribution is -0.141. The van der Waals surface area contributed by atoms with Crippen molar-refractivity contribution in [2.24, 2.45) is 0 Å². The Hall–Kier alpha value is -4.96. The molecule has 0 spiro atoms. The van der Waals surface area contributed by atoms with Gasteiger partial charge in [-0.3, -0.25) is 19.6 Å². The largest absolute Gasteiger partial charge is 0.433 e. The number of halogens is 3. The maximum Gasteiger partial charge on any atom is 0.433 e. The van der Waals surface area contributed by atoms with Crippen LogP contribution in [0.1, 0.15) is 27.3 Å². The standard InChI is InChI=1S/C27H21F3N6O3S/c1-17-24(19-9-11-33-23(12-19)27(28,29)30)25(37)22(15-36(17)20-4-3-10-32-14-20)26(38)34-13-18-5-7-21(8-6-18)40(2,39)35-16-31/h3-12,14-15H,2,13H2,1H3,(H,34,38)(H,35,39). The number of nitrogens with one attached hydrogen (secondary N) is 2. The van der Waals surface area contributed by atoms with Gasteiger partial charge in [-0.15, -0.1) is 0 Å². The molecule has 4 aromatic rings. The molecular formula is C27H21F3N6O3S. The third-order valence-corrected chi connectivity index (χ3v) is 7.38. The third kappa shape index (κ3) is 5.87. The van der Waals surface area contributed by atoms with E-state index in [0.29, 0.717) is 16.9 Å². The molecule has 4 rings (SSSR count). The van der Waals surface area contributed by atoms with Gasteiger partial charge in [0.05, 0.1) is 26.5 Å². The first-order valence-electron chi connectivity index (χ1n) is 11.5. The predicted molar refractivity (Wildman–Crippen MR) is 143 cm³/mol. The van der Waals surface area contributed by atoms with Crippen LogP contribution in [-0.4, -0.2) is 30.5 Å². The molecule has 3 aromatic heterocycles. The zero-order chi connectivity index (χ0) is 29.1. The molecule has 0 aliphatic heterocycles. The molecule has 0 saturated heterocycles. The SMILES string of the molecule is C=S(=O)(NC#N)c1ccc(CNC(=O)c2cn(-c3cccnc3)c(C)c(-c3ccnc(C(F)(F)F)c3)c2=O)cc1. The molecule has 0 saturated carbocycles. The van der Waals surface area contributed by atoms with Gasteiger partial charge in [-0.1, -0.05) is 12.1 Å². The second-order valence-electron chi connectivity index (χ2n) is 8.56. The molecule has 2 N–H and O–H groups in total. The van der Waals surface area contributed by atoms with Crippen molar-refractivity contribution in [3.63, 3.8) is 0 Å². The highest BCUT2D eigenvalue weighted by Gasteiger charge is 2.33. The Balaban J connectivity index is 1.74. The molecule has 204 valence electrons. The molecule has 0 fully saturated rings. The van der Waals surface area contributed by atoms with Gasteiger partial charge in [0.2, 0.25) is 5.43 Å². The first-order chi connectivity index (χ1) is 18.9. The third-order valence-electron chi connectivity index (χ3n) is 5.93. The summed E-state index contributed by atoms with van der Waals surface area (Å²) in [5.41, 5.74) is -1.00. The Kier molecular flexibility index (Phi) is 7.74. The second kappa shape index (κ2) is 11.0. The molecule has 1 amide bonds. The highest BCUT2D eigenvalue weighted by atomic mass is 32.2. The summed E-state index contributed by atoms with van der Waals surface area (Å²) in [5.74, 6) is 2.73. The Morgan fingerprint density at radius 1 is 1.18 bits per heavy atom. The van der Waals surface area contributed by atoms with Gasteiger partial charge in [0.1, 0.15) is 11.3 Å². The molecule has 40 heavy (non-hydrogen) atoms. The van der Waals surface area contributed by atoms with Crippen LogP contribution >= 0.6 is 0 Å². The molecule has 0 bridgehead atoms. The summed E-state index contributed by atoms with van der Waals surface area (Å²) in [5, 5.41) is 11.4. The van der Waals surface area contributed by atoms with Gasteiger partial charge < -0.3 is 9.88 Å². The first-order valence-corrected chi connectivity index (χ1v) is 13.3. The smallest absolute Gasteiger partial charge is 0.348 e. The van der Waals surface area contributed by atoms with Crippen LogP contribution in [0.2, 0.25) is 0 Å². The fourth-order valence-electron chi connectivity index (χ4n) is 3.95. The van der Waals surface area contributed by atoms with Crippen molar-refractivity contribution >= 4 is 21.5 Å². The first kappa shape index (κ1) is 28.1. The van der Waals surface area contributed by atoms with Crippen LogP contribution in [0.5, 0.6) is 0 Å². The van der Waals surface area contributed by atoms with E-state index in [1.54, 1.807) is 37.4 Å². The topological polar surface area (TPSA) is 130 Å². The van der Waals surface area contributed by atoms with Crippen molar-refractivity contribution < 1.29 is 22.2 Å². The minimum Gasteiger partial charge on any atom is -0.348 e. The molecule has 1 unspecified atom stereocenters.